The molecular formula is C50H69N3O16. The number of anilines is 1. The minimum atomic E-state index is -1.69. The van der Waals surface area contributed by atoms with E-state index in [0.29, 0.717) is 37.3 Å². The summed E-state index contributed by atoms with van der Waals surface area (Å²) in [4.78, 5) is 76.0. The van der Waals surface area contributed by atoms with E-state index >= 15 is 0 Å². The number of rotatable bonds is 19. The first kappa shape index (κ1) is 52.2. The number of ether oxygens (including phenoxy) is 6. The van der Waals surface area contributed by atoms with Gasteiger partial charge in [-0.25, -0.2) is 0 Å². The molecule has 0 aromatic heterocycles. The normalized spacial score (nSPS) is 34.5. The van der Waals surface area contributed by atoms with Gasteiger partial charge >= 0.3 is 11.9 Å². The van der Waals surface area contributed by atoms with Crippen molar-refractivity contribution < 1.29 is 77.6 Å². The standard InChI is InChI=1S/C50H69N3O16/c1-25(22-66-27(3)54)32-20-37(56)50(5)21-33-29(23-64-6)14-15-30(33)26(2)41(58)44(40(32)50)69-49-43(60)45(67-28(4)55)42(59)36(68-49)24-65-19-10-8-7-9-18-51-34-13-11-12-31-39(34)48(63)53(47(31)62)35-16-17-38(57)52-46(35)61/h11-13,21,25-26,29-30,35-37,41-45,49,51,56,58-60H,7-10,14-20,22-24H2,1-6H3,(H,52,57,61)/b33-21-/t25-,26-,29-,30+,35?,36?,37+,41-,42?,43?,44-,45?,49?,50+/m1/s1. The molecule has 6 aliphatic rings. The number of piperidine rings is 1. The Bertz CT molecular complexity index is 2180. The molecule has 6 unspecified atom stereocenters. The van der Waals surface area contributed by atoms with Gasteiger partial charge < -0.3 is 54.2 Å². The number of esters is 2. The van der Waals surface area contributed by atoms with Crippen LogP contribution in [-0.2, 0) is 47.6 Å². The number of aliphatic hydroxyl groups is 4. The topological polar surface area (TPSA) is 266 Å². The summed E-state index contributed by atoms with van der Waals surface area (Å²) in [6.07, 6.45) is -3.70. The molecule has 1 aromatic carbocycles. The number of benzene rings is 1. The van der Waals surface area contributed by atoms with Crippen molar-refractivity contribution in [2.75, 3.05) is 45.4 Å². The highest BCUT2D eigenvalue weighted by molar-refractivity contribution is 6.25. The molecule has 3 fully saturated rings. The van der Waals surface area contributed by atoms with Gasteiger partial charge in [-0.1, -0.05) is 50.0 Å². The number of nitrogens with one attached hydrogen (secondary N) is 2. The van der Waals surface area contributed by atoms with E-state index in [2.05, 4.69) is 16.7 Å². The molecule has 1 saturated carbocycles. The minimum Gasteiger partial charge on any atom is -0.465 e. The number of imide groups is 2. The van der Waals surface area contributed by atoms with Crippen molar-refractivity contribution in [2.24, 2.45) is 29.1 Å². The average molecular weight is 968 g/mol. The number of carbonyl (C=O) groups excluding carboxylic acids is 6. The lowest BCUT2D eigenvalue weighted by molar-refractivity contribution is -0.318. The maximum Gasteiger partial charge on any atom is 0.303 e. The number of hydrogen-bond acceptors (Lipinski definition) is 17. The quantitative estimate of drug-likeness (QED) is 0.0504. The van der Waals surface area contributed by atoms with Gasteiger partial charge in [0, 0.05) is 63.5 Å². The molecule has 1 aromatic rings. The Morgan fingerprint density at radius 3 is 2.42 bits per heavy atom. The van der Waals surface area contributed by atoms with Gasteiger partial charge in [0.05, 0.1) is 43.2 Å². The molecule has 4 amide bonds. The Morgan fingerprint density at radius 2 is 1.71 bits per heavy atom. The fourth-order valence-electron chi connectivity index (χ4n) is 11.3. The summed E-state index contributed by atoms with van der Waals surface area (Å²) in [6.45, 7) is 9.32. The largest absolute Gasteiger partial charge is 0.465 e. The molecule has 3 aliphatic heterocycles. The summed E-state index contributed by atoms with van der Waals surface area (Å²) in [6, 6.07) is 3.85. The van der Waals surface area contributed by atoms with E-state index < -0.39 is 96.0 Å². The number of unbranched alkanes of at least 4 members (excludes halogenated alkanes) is 3. The summed E-state index contributed by atoms with van der Waals surface area (Å²) < 4.78 is 35.5. The Hall–Kier alpha value is -4.60. The molecule has 6 N–H and O–H groups in total. The molecule has 380 valence electrons. The van der Waals surface area contributed by atoms with Crippen LogP contribution in [0.2, 0.25) is 0 Å². The smallest absolute Gasteiger partial charge is 0.303 e. The Balaban J connectivity index is 0.986. The minimum absolute atomic E-state index is 0.0235. The molecular weight excluding hydrogens is 899 g/mol. The lowest BCUT2D eigenvalue weighted by Gasteiger charge is -2.46. The van der Waals surface area contributed by atoms with E-state index in [1.165, 1.54) is 6.92 Å². The van der Waals surface area contributed by atoms with E-state index in [1.807, 2.05) is 20.8 Å². The Labute approximate surface area is 402 Å². The van der Waals surface area contributed by atoms with Gasteiger partial charge in [-0.2, -0.15) is 0 Å². The van der Waals surface area contributed by atoms with E-state index in [4.69, 9.17) is 28.4 Å². The van der Waals surface area contributed by atoms with Crippen LogP contribution < -0.4 is 10.6 Å². The zero-order chi connectivity index (χ0) is 49.9. The molecule has 69 heavy (non-hydrogen) atoms. The van der Waals surface area contributed by atoms with Crippen LogP contribution in [0.25, 0.3) is 0 Å². The Morgan fingerprint density at radius 1 is 0.957 bits per heavy atom. The predicted octanol–water partition coefficient (Wildman–Crippen LogP) is 2.72. The van der Waals surface area contributed by atoms with Gasteiger partial charge in [0.2, 0.25) is 11.8 Å². The number of hydrogen-bond donors (Lipinski definition) is 6. The fraction of sp³-hybridized carbons (Fsp3) is 0.680. The molecule has 14 atom stereocenters. The monoisotopic (exact) mass is 967 g/mol. The fourth-order valence-corrected chi connectivity index (χ4v) is 11.3. The summed E-state index contributed by atoms with van der Waals surface area (Å²) >= 11 is 0. The van der Waals surface area contributed by atoms with Crippen molar-refractivity contribution in [2.45, 2.75) is 147 Å². The van der Waals surface area contributed by atoms with Crippen LogP contribution in [0.3, 0.4) is 0 Å². The average Bonchev–Trinajstić information content (AvgIpc) is 3.90. The van der Waals surface area contributed by atoms with Crippen molar-refractivity contribution in [3.05, 3.63) is 52.1 Å². The molecule has 7 rings (SSSR count). The second kappa shape index (κ2) is 22.2. The van der Waals surface area contributed by atoms with Crippen molar-refractivity contribution in [1.82, 2.24) is 10.2 Å². The molecule has 19 nitrogen and oxygen atoms in total. The second-order valence-electron chi connectivity index (χ2n) is 19.7. The van der Waals surface area contributed by atoms with Crippen molar-refractivity contribution in [1.29, 1.82) is 0 Å². The van der Waals surface area contributed by atoms with Gasteiger partial charge in [0.25, 0.3) is 11.8 Å². The highest BCUT2D eigenvalue weighted by Crippen LogP contribution is 2.56. The molecule has 19 heteroatoms. The lowest BCUT2D eigenvalue weighted by atomic mass is 9.68. The van der Waals surface area contributed by atoms with Crippen molar-refractivity contribution in [3.63, 3.8) is 0 Å². The summed E-state index contributed by atoms with van der Waals surface area (Å²) in [7, 11) is 1.65. The highest BCUT2D eigenvalue weighted by atomic mass is 16.7. The van der Waals surface area contributed by atoms with E-state index in [1.54, 1.807) is 25.3 Å². The van der Waals surface area contributed by atoms with E-state index in [0.717, 1.165) is 48.7 Å². The number of aliphatic hydroxyl groups excluding tert-OH is 4. The molecule has 0 radical (unpaired) electrons. The maximum atomic E-state index is 13.4. The lowest BCUT2D eigenvalue weighted by Crippen LogP contribution is -2.62. The maximum absolute atomic E-state index is 13.4. The number of nitrogens with zero attached hydrogens (tertiary/aromatic N) is 1. The number of amides is 4. The zero-order valence-electron chi connectivity index (χ0n) is 40.3. The third kappa shape index (κ3) is 10.9. The number of carbonyl (C=O) groups is 6. The highest BCUT2D eigenvalue weighted by Gasteiger charge is 2.56. The third-order valence-corrected chi connectivity index (χ3v) is 15.0. The van der Waals surface area contributed by atoms with Crippen LogP contribution in [0.15, 0.2) is 41.0 Å². The predicted molar refractivity (Wildman–Crippen MR) is 245 cm³/mol. The van der Waals surface area contributed by atoms with Gasteiger partial charge in [0.15, 0.2) is 12.4 Å². The summed E-state index contributed by atoms with van der Waals surface area (Å²) in [5.41, 5.74) is 2.24. The van der Waals surface area contributed by atoms with Gasteiger partial charge in [-0.15, -0.1) is 0 Å². The summed E-state index contributed by atoms with van der Waals surface area (Å²) in [5, 5.41) is 53.0. The first-order chi connectivity index (χ1) is 32.9. The van der Waals surface area contributed by atoms with Crippen LogP contribution >= 0.6 is 0 Å². The van der Waals surface area contributed by atoms with Gasteiger partial charge in [0.1, 0.15) is 30.5 Å². The zero-order valence-corrected chi connectivity index (χ0v) is 40.3. The van der Waals surface area contributed by atoms with Crippen LogP contribution in [-0.4, -0.2) is 156 Å². The van der Waals surface area contributed by atoms with Crippen molar-refractivity contribution >= 4 is 41.3 Å². The van der Waals surface area contributed by atoms with Crippen LogP contribution in [0.1, 0.15) is 113 Å². The first-order valence-electron chi connectivity index (χ1n) is 24.3. The van der Waals surface area contributed by atoms with Crippen LogP contribution in [0.4, 0.5) is 5.69 Å². The molecule has 3 aliphatic carbocycles. The number of fused-ring (bicyclic) bond motifs is 3. The third-order valence-electron chi connectivity index (χ3n) is 15.0. The SMILES string of the molecule is COC[C@H]1CC[C@@H]2/C1=C\[C@]1(C)C(=C([C@H](C)COC(C)=O)C[C@@H]1O)[C@@H](OC1OC(COCCCCCCNc3cccc4c3C(=O)N(C3CCC(=O)NC3=O)C4=O)C(O)C(OC(C)=O)C1O)[C@H](O)[C@@H]2C. The molecule has 0 spiro atoms. The van der Waals surface area contributed by atoms with E-state index in [-0.39, 0.29) is 73.9 Å². The molecule has 2 saturated heterocycles. The molecule has 0 bridgehead atoms. The Kier molecular flexibility index (Phi) is 16.8. The summed E-state index contributed by atoms with van der Waals surface area (Å²) in [5.74, 6) is -4.21. The number of methoxy groups -OCH3 is 1. The van der Waals surface area contributed by atoms with Gasteiger partial charge in [-0.3, -0.25) is 39.0 Å². The second-order valence-corrected chi connectivity index (χ2v) is 19.7. The van der Waals surface area contributed by atoms with Crippen LogP contribution in [0.5, 0.6) is 0 Å². The first-order valence-corrected chi connectivity index (χ1v) is 24.3. The van der Waals surface area contributed by atoms with Gasteiger partial charge in [-0.05, 0) is 75.0 Å². The van der Waals surface area contributed by atoms with Crippen LogP contribution in [0, 0.1) is 29.1 Å². The van der Waals surface area contributed by atoms with E-state index in [9.17, 15) is 49.2 Å². The van der Waals surface area contributed by atoms with Crippen molar-refractivity contribution in [3.8, 4) is 0 Å². The molecule has 3 heterocycles.